The lowest BCUT2D eigenvalue weighted by Crippen LogP contribution is -2.33. The Morgan fingerprint density at radius 3 is 2.67 bits per heavy atom. The lowest BCUT2D eigenvalue weighted by Gasteiger charge is -2.27. The van der Waals surface area contributed by atoms with Crippen LogP contribution in [0.1, 0.15) is 50.6 Å². The largest absolute Gasteiger partial charge is 0.307 e. The molecular weight excluding hydrogens is 242 g/mol. The summed E-state index contributed by atoms with van der Waals surface area (Å²) in [6, 6.07) is 9.36. The molecule has 0 fully saturated rings. The molecule has 18 heavy (non-hydrogen) atoms. The highest BCUT2D eigenvalue weighted by Crippen LogP contribution is 2.23. The summed E-state index contributed by atoms with van der Waals surface area (Å²) >= 11 is 5.96. The van der Waals surface area contributed by atoms with E-state index in [-0.39, 0.29) is 0 Å². The van der Waals surface area contributed by atoms with Gasteiger partial charge in [-0.3, -0.25) is 0 Å². The molecule has 0 aromatic heterocycles. The van der Waals surface area contributed by atoms with Crippen molar-refractivity contribution in [3.63, 3.8) is 0 Å². The van der Waals surface area contributed by atoms with Gasteiger partial charge >= 0.3 is 0 Å². The average Bonchev–Trinajstić information content (AvgIpc) is 2.40. The summed E-state index contributed by atoms with van der Waals surface area (Å²) in [7, 11) is 0. The van der Waals surface area contributed by atoms with E-state index in [1.165, 1.54) is 31.2 Å². The first kappa shape index (κ1) is 13.6. The van der Waals surface area contributed by atoms with Gasteiger partial charge in [-0.15, -0.1) is 0 Å². The molecule has 98 valence electrons. The predicted octanol–water partition coefficient (Wildman–Crippen LogP) is 4.88. The van der Waals surface area contributed by atoms with E-state index in [9.17, 15) is 0 Å². The molecule has 1 N–H and O–H groups in total. The van der Waals surface area contributed by atoms with E-state index >= 15 is 0 Å². The normalized spacial score (nSPS) is 20.9. The molecule has 1 aliphatic carbocycles. The van der Waals surface area contributed by atoms with Crippen molar-refractivity contribution in [2.24, 2.45) is 0 Å². The van der Waals surface area contributed by atoms with Crippen LogP contribution in [-0.2, 0) is 0 Å². The van der Waals surface area contributed by atoms with Gasteiger partial charge in [0.15, 0.2) is 0 Å². The smallest absolute Gasteiger partial charge is 0.0406 e. The Balaban J connectivity index is 2.02. The second-order valence-electron chi connectivity index (χ2n) is 5.04. The van der Waals surface area contributed by atoms with Gasteiger partial charge in [0.1, 0.15) is 0 Å². The molecule has 0 bridgehead atoms. The van der Waals surface area contributed by atoms with Gasteiger partial charge in [0, 0.05) is 17.1 Å². The Bertz CT molecular complexity index is 383. The van der Waals surface area contributed by atoms with Gasteiger partial charge in [-0.25, -0.2) is 0 Å². The standard InChI is InChI=1S/C16H22ClN/c1-2-6-16(13-9-11-14(17)12-10-13)18-15-7-4-3-5-8-15/h3-4,9-12,15-16,18H,2,5-8H2,1H3. The number of nitrogens with one attached hydrogen (secondary N) is 1. The van der Waals surface area contributed by atoms with Gasteiger partial charge in [0.2, 0.25) is 0 Å². The number of halogens is 1. The third-order valence-electron chi connectivity index (χ3n) is 3.56. The van der Waals surface area contributed by atoms with Crippen LogP contribution in [0.3, 0.4) is 0 Å². The van der Waals surface area contributed by atoms with Crippen LogP contribution in [0.15, 0.2) is 36.4 Å². The zero-order chi connectivity index (χ0) is 12.8. The molecule has 0 amide bonds. The molecule has 0 aliphatic heterocycles. The maximum atomic E-state index is 5.96. The molecule has 0 saturated carbocycles. The van der Waals surface area contributed by atoms with Crippen LogP contribution in [-0.4, -0.2) is 6.04 Å². The number of benzene rings is 1. The van der Waals surface area contributed by atoms with E-state index in [4.69, 9.17) is 11.6 Å². The van der Waals surface area contributed by atoms with E-state index < -0.39 is 0 Å². The highest BCUT2D eigenvalue weighted by molar-refractivity contribution is 6.30. The molecule has 1 aromatic carbocycles. The molecule has 1 aromatic rings. The number of rotatable bonds is 5. The Morgan fingerprint density at radius 2 is 2.06 bits per heavy atom. The lowest BCUT2D eigenvalue weighted by atomic mass is 9.97. The highest BCUT2D eigenvalue weighted by Gasteiger charge is 2.16. The van der Waals surface area contributed by atoms with Crippen molar-refractivity contribution in [3.8, 4) is 0 Å². The summed E-state index contributed by atoms with van der Waals surface area (Å²) in [5.74, 6) is 0. The predicted molar refractivity (Wildman–Crippen MR) is 79.0 cm³/mol. The van der Waals surface area contributed by atoms with E-state index in [2.05, 4.69) is 36.5 Å². The molecular formula is C16H22ClN. The average molecular weight is 264 g/mol. The molecule has 1 nitrogen and oxygen atoms in total. The number of allylic oxidation sites excluding steroid dienone is 1. The summed E-state index contributed by atoms with van der Waals surface area (Å²) < 4.78 is 0. The minimum Gasteiger partial charge on any atom is -0.307 e. The van der Waals surface area contributed by atoms with Gasteiger partial charge < -0.3 is 5.32 Å². The molecule has 0 saturated heterocycles. The number of hydrogen-bond donors (Lipinski definition) is 1. The topological polar surface area (TPSA) is 12.0 Å². The first-order valence-corrected chi connectivity index (χ1v) is 7.34. The molecule has 1 aliphatic rings. The SMILES string of the molecule is CCCC(NC1CC=CCC1)c1ccc(Cl)cc1. The molecule has 0 radical (unpaired) electrons. The molecule has 2 atom stereocenters. The van der Waals surface area contributed by atoms with Gasteiger partial charge in [-0.05, 0) is 43.4 Å². The number of hydrogen-bond acceptors (Lipinski definition) is 1. The van der Waals surface area contributed by atoms with Gasteiger partial charge in [0.25, 0.3) is 0 Å². The van der Waals surface area contributed by atoms with Crippen molar-refractivity contribution in [2.45, 2.75) is 51.1 Å². The molecule has 0 heterocycles. The Morgan fingerprint density at radius 1 is 1.28 bits per heavy atom. The zero-order valence-electron chi connectivity index (χ0n) is 11.0. The van der Waals surface area contributed by atoms with Gasteiger partial charge in [-0.2, -0.15) is 0 Å². The highest BCUT2D eigenvalue weighted by atomic mass is 35.5. The summed E-state index contributed by atoms with van der Waals surface area (Å²) in [4.78, 5) is 0. The summed E-state index contributed by atoms with van der Waals surface area (Å²) in [6.45, 7) is 2.24. The van der Waals surface area contributed by atoms with Crippen LogP contribution in [0.2, 0.25) is 5.02 Å². The monoisotopic (exact) mass is 263 g/mol. The third-order valence-corrected chi connectivity index (χ3v) is 3.81. The van der Waals surface area contributed by atoms with Crippen LogP contribution in [0.4, 0.5) is 0 Å². The Hall–Kier alpha value is -0.790. The Kier molecular flexibility index (Phi) is 5.27. The van der Waals surface area contributed by atoms with Crippen LogP contribution >= 0.6 is 11.6 Å². The second-order valence-corrected chi connectivity index (χ2v) is 5.48. The van der Waals surface area contributed by atoms with Crippen molar-refractivity contribution in [1.29, 1.82) is 0 Å². The maximum Gasteiger partial charge on any atom is 0.0406 e. The van der Waals surface area contributed by atoms with Crippen molar-refractivity contribution in [1.82, 2.24) is 5.32 Å². The first-order chi connectivity index (χ1) is 8.79. The maximum absolute atomic E-state index is 5.96. The Labute approximate surface area is 115 Å². The van der Waals surface area contributed by atoms with E-state index in [1.54, 1.807) is 0 Å². The molecule has 2 heteroatoms. The fourth-order valence-electron chi connectivity index (χ4n) is 2.56. The van der Waals surface area contributed by atoms with E-state index in [1.807, 2.05) is 12.1 Å². The fourth-order valence-corrected chi connectivity index (χ4v) is 2.69. The summed E-state index contributed by atoms with van der Waals surface area (Å²) in [6.07, 6.45) is 10.6. The van der Waals surface area contributed by atoms with Crippen LogP contribution in [0.5, 0.6) is 0 Å². The van der Waals surface area contributed by atoms with Crippen LogP contribution in [0, 0.1) is 0 Å². The van der Waals surface area contributed by atoms with Crippen molar-refractivity contribution in [3.05, 3.63) is 47.0 Å². The second kappa shape index (κ2) is 6.96. The minimum atomic E-state index is 0.462. The first-order valence-electron chi connectivity index (χ1n) is 6.96. The fraction of sp³-hybridized carbons (Fsp3) is 0.500. The molecule has 2 unspecified atom stereocenters. The minimum absolute atomic E-state index is 0.462. The third kappa shape index (κ3) is 3.86. The quantitative estimate of drug-likeness (QED) is 0.747. The van der Waals surface area contributed by atoms with Gasteiger partial charge in [0.05, 0.1) is 0 Å². The zero-order valence-corrected chi connectivity index (χ0v) is 11.8. The van der Waals surface area contributed by atoms with Crippen molar-refractivity contribution in [2.75, 3.05) is 0 Å². The molecule has 2 rings (SSSR count). The van der Waals surface area contributed by atoms with E-state index in [0.717, 1.165) is 11.4 Å². The molecule has 0 spiro atoms. The van der Waals surface area contributed by atoms with Crippen molar-refractivity contribution < 1.29 is 0 Å². The van der Waals surface area contributed by atoms with E-state index in [0.29, 0.717) is 12.1 Å². The van der Waals surface area contributed by atoms with Gasteiger partial charge in [-0.1, -0.05) is 49.2 Å². The lowest BCUT2D eigenvalue weighted by molar-refractivity contribution is 0.391. The van der Waals surface area contributed by atoms with Crippen LogP contribution < -0.4 is 5.32 Å². The van der Waals surface area contributed by atoms with Crippen molar-refractivity contribution >= 4 is 11.6 Å². The summed E-state index contributed by atoms with van der Waals surface area (Å²) in [5.41, 5.74) is 1.36. The summed E-state index contributed by atoms with van der Waals surface area (Å²) in [5, 5.41) is 4.61. The van der Waals surface area contributed by atoms with Crippen LogP contribution in [0.25, 0.3) is 0 Å².